The summed E-state index contributed by atoms with van der Waals surface area (Å²) in [6, 6.07) is 3.72. The van der Waals surface area contributed by atoms with Crippen LogP contribution in [0.1, 0.15) is 32.3 Å². The number of fused-ring (bicyclic) bond motifs is 1. The van der Waals surface area contributed by atoms with Crippen LogP contribution in [0.5, 0.6) is 0 Å². The average molecular weight is 489 g/mol. The largest absolute Gasteiger partial charge is 0.480 e. The number of rotatable bonds is 13. The quantitative estimate of drug-likeness (QED) is 0.189. The van der Waals surface area contributed by atoms with Crippen LogP contribution in [0.4, 0.5) is 0 Å². The highest BCUT2D eigenvalue weighted by molar-refractivity contribution is 5.95. The fourth-order valence-corrected chi connectivity index (χ4v) is 3.45. The molecule has 0 bridgehead atoms. The van der Waals surface area contributed by atoms with E-state index in [4.69, 9.17) is 11.5 Å². The van der Waals surface area contributed by atoms with Gasteiger partial charge < -0.3 is 37.5 Å². The van der Waals surface area contributed by atoms with Crippen molar-refractivity contribution < 1.29 is 29.1 Å². The van der Waals surface area contributed by atoms with Crippen LogP contribution >= 0.6 is 0 Å². The van der Waals surface area contributed by atoms with Gasteiger partial charge in [-0.1, -0.05) is 38.5 Å². The molecule has 190 valence electrons. The zero-order valence-electron chi connectivity index (χ0n) is 19.7. The van der Waals surface area contributed by atoms with Crippen molar-refractivity contribution >= 4 is 40.5 Å². The number of carboxylic acids is 1. The van der Waals surface area contributed by atoms with Crippen molar-refractivity contribution in [3.63, 3.8) is 0 Å². The van der Waals surface area contributed by atoms with Crippen molar-refractivity contribution in [2.75, 3.05) is 6.54 Å². The van der Waals surface area contributed by atoms with Crippen molar-refractivity contribution in [3.8, 4) is 0 Å². The zero-order valence-corrected chi connectivity index (χ0v) is 19.7. The smallest absolute Gasteiger partial charge is 0.326 e. The lowest BCUT2D eigenvalue weighted by molar-refractivity contribution is -0.142. The number of para-hydroxylation sites is 1. The number of nitrogens with one attached hydrogen (secondary N) is 4. The highest BCUT2D eigenvalue weighted by Gasteiger charge is 2.29. The van der Waals surface area contributed by atoms with Crippen LogP contribution in [0.3, 0.4) is 0 Å². The number of amides is 4. The molecule has 0 saturated heterocycles. The van der Waals surface area contributed by atoms with Crippen molar-refractivity contribution in [3.05, 3.63) is 36.0 Å². The SMILES string of the molecule is CCC(C)C(N)C(=O)NCC(=O)NC(CC(N)=O)C(=O)NC(Cc1c[nH]c2ccccc12)C(=O)O. The Morgan fingerprint density at radius 2 is 1.74 bits per heavy atom. The fraction of sp³-hybridized carbons (Fsp3) is 0.435. The Balaban J connectivity index is 2.04. The minimum Gasteiger partial charge on any atom is -0.480 e. The van der Waals surface area contributed by atoms with Crippen LogP contribution in [-0.2, 0) is 30.4 Å². The molecule has 35 heavy (non-hydrogen) atoms. The maximum atomic E-state index is 12.8. The van der Waals surface area contributed by atoms with Crippen LogP contribution in [0.25, 0.3) is 10.9 Å². The second kappa shape index (κ2) is 12.5. The standard InChI is InChI=1S/C23H32N6O6/c1-3-12(2)20(25)22(33)27-11-19(31)28-16(9-18(24)30)21(32)29-17(23(34)35)8-13-10-26-15-7-5-4-6-14(13)15/h4-7,10,12,16-17,20,26H,3,8-9,11,25H2,1-2H3,(H2,24,30)(H,27,33)(H,28,31)(H,29,32)(H,34,35). The number of aromatic nitrogens is 1. The van der Waals surface area contributed by atoms with Gasteiger partial charge in [-0.25, -0.2) is 4.79 Å². The van der Waals surface area contributed by atoms with Crippen LogP contribution in [0.15, 0.2) is 30.5 Å². The molecular formula is C23H32N6O6. The highest BCUT2D eigenvalue weighted by Crippen LogP contribution is 2.19. The van der Waals surface area contributed by atoms with Crippen LogP contribution in [0.2, 0.25) is 0 Å². The van der Waals surface area contributed by atoms with Gasteiger partial charge in [0.2, 0.25) is 23.6 Å². The van der Waals surface area contributed by atoms with Crippen molar-refractivity contribution in [2.45, 2.75) is 51.2 Å². The van der Waals surface area contributed by atoms with Crippen molar-refractivity contribution in [2.24, 2.45) is 17.4 Å². The van der Waals surface area contributed by atoms with E-state index in [1.54, 1.807) is 19.2 Å². The van der Waals surface area contributed by atoms with Gasteiger partial charge in [0.15, 0.2) is 0 Å². The summed E-state index contributed by atoms with van der Waals surface area (Å²) >= 11 is 0. The lowest BCUT2D eigenvalue weighted by Crippen LogP contribution is -2.55. The molecule has 9 N–H and O–H groups in total. The number of aliphatic carboxylic acids is 1. The zero-order chi connectivity index (χ0) is 26.1. The molecule has 0 aliphatic heterocycles. The molecular weight excluding hydrogens is 456 g/mol. The van der Waals surface area contributed by atoms with E-state index in [0.717, 1.165) is 10.9 Å². The second-order valence-corrected chi connectivity index (χ2v) is 8.38. The van der Waals surface area contributed by atoms with Crippen molar-refractivity contribution in [1.82, 2.24) is 20.9 Å². The van der Waals surface area contributed by atoms with E-state index in [1.165, 1.54) is 0 Å². The fourth-order valence-electron chi connectivity index (χ4n) is 3.45. The molecule has 4 unspecified atom stereocenters. The summed E-state index contributed by atoms with van der Waals surface area (Å²) in [6.45, 7) is 3.19. The average Bonchev–Trinajstić information content (AvgIpc) is 3.23. The normalized spacial score (nSPS) is 14.4. The Kier molecular flexibility index (Phi) is 9.76. The van der Waals surface area contributed by atoms with Crippen LogP contribution in [-0.4, -0.2) is 64.4 Å². The van der Waals surface area contributed by atoms with Gasteiger partial charge in [0, 0.05) is 23.5 Å². The Bertz CT molecular complexity index is 1080. The maximum absolute atomic E-state index is 12.8. The van der Waals surface area contributed by atoms with Gasteiger partial charge >= 0.3 is 5.97 Å². The third-order valence-corrected chi connectivity index (χ3v) is 5.75. The first-order valence-electron chi connectivity index (χ1n) is 11.2. The summed E-state index contributed by atoms with van der Waals surface area (Å²) in [5.74, 6) is -4.46. The summed E-state index contributed by atoms with van der Waals surface area (Å²) < 4.78 is 0. The third kappa shape index (κ3) is 7.81. The van der Waals surface area contributed by atoms with Gasteiger partial charge in [0.05, 0.1) is 19.0 Å². The molecule has 0 spiro atoms. The number of carboxylic acid groups (broad SMARTS) is 1. The highest BCUT2D eigenvalue weighted by atomic mass is 16.4. The lowest BCUT2D eigenvalue weighted by atomic mass is 9.99. The number of aromatic amines is 1. The molecule has 12 nitrogen and oxygen atoms in total. The number of benzene rings is 1. The van der Waals surface area contributed by atoms with Crippen LogP contribution in [0, 0.1) is 5.92 Å². The van der Waals surface area contributed by atoms with Gasteiger partial charge in [-0.15, -0.1) is 0 Å². The minimum absolute atomic E-state index is 0.0358. The summed E-state index contributed by atoms with van der Waals surface area (Å²) in [5, 5.41) is 17.5. The van der Waals surface area contributed by atoms with E-state index < -0.39 is 60.7 Å². The number of hydrogen-bond donors (Lipinski definition) is 7. The first-order valence-corrected chi connectivity index (χ1v) is 11.2. The van der Waals surface area contributed by atoms with E-state index in [1.807, 2.05) is 25.1 Å². The van der Waals surface area contributed by atoms with Gasteiger partial charge in [-0.05, 0) is 17.5 Å². The molecule has 12 heteroatoms. The van der Waals surface area contributed by atoms with E-state index in [0.29, 0.717) is 12.0 Å². The Hall–Kier alpha value is -3.93. The molecule has 0 saturated carbocycles. The number of carbonyl (C=O) groups is 5. The summed E-state index contributed by atoms with van der Waals surface area (Å²) in [6.07, 6.45) is 1.73. The third-order valence-electron chi connectivity index (χ3n) is 5.75. The van der Waals surface area contributed by atoms with E-state index in [2.05, 4.69) is 20.9 Å². The molecule has 0 aliphatic carbocycles. The molecule has 0 fully saturated rings. The maximum Gasteiger partial charge on any atom is 0.326 e. The lowest BCUT2D eigenvalue weighted by Gasteiger charge is -2.21. The number of H-pyrrole nitrogens is 1. The van der Waals surface area contributed by atoms with Gasteiger partial charge in [0.1, 0.15) is 12.1 Å². The Labute approximate surface area is 202 Å². The topological polar surface area (TPSA) is 209 Å². The summed E-state index contributed by atoms with van der Waals surface area (Å²) in [5.41, 5.74) is 12.5. The number of primary amides is 1. The monoisotopic (exact) mass is 488 g/mol. The van der Waals surface area contributed by atoms with E-state index in [9.17, 15) is 29.1 Å². The predicted octanol–water partition coefficient (Wildman–Crippen LogP) is -0.870. The molecule has 0 radical (unpaired) electrons. The second-order valence-electron chi connectivity index (χ2n) is 8.38. The van der Waals surface area contributed by atoms with Crippen molar-refractivity contribution in [1.29, 1.82) is 0 Å². The molecule has 4 amide bonds. The molecule has 2 aromatic rings. The first kappa shape index (κ1) is 27.3. The first-order chi connectivity index (χ1) is 16.5. The van der Waals surface area contributed by atoms with E-state index >= 15 is 0 Å². The molecule has 2 rings (SSSR count). The number of nitrogens with two attached hydrogens (primary N) is 2. The Morgan fingerprint density at radius 1 is 1.06 bits per heavy atom. The Morgan fingerprint density at radius 3 is 2.37 bits per heavy atom. The molecule has 4 atom stereocenters. The number of carbonyl (C=O) groups excluding carboxylic acids is 4. The minimum atomic E-state index is -1.43. The van der Waals surface area contributed by atoms with Gasteiger partial charge in [0.25, 0.3) is 0 Å². The molecule has 0 aliphatic rings. The van der Waals surface area contributed by atoms with Gasteiger partial charge in [-0.2, -0.15) is 0 Å². The molecule has 1 aromatic carbocycles. The molecule has 1 heterocycles. The number of hydrogen-bond acceptors (Lipinski definition) is 6. The van der Waals surface area contributed by atoms with Crippen LogP contribution < -0.4 is 27.4 Å². The predicted molar refractivity (Wildman–Crippen MR) is 128 cm³/mol. The summed E-state index contributed by atoms with van der Waals surface area (Å²) in [4.78, 5) is 63.5. The summed E-state index contributed by atoms with van der Waals surface area (Å²) in [7, 11) is 0. The molecule has 1 aromatic heterocycles. The van der Waals surface area contributed by atoms with Gasteiger partial charge in [-0.3, -0.25) is 19.2 Å². The van der Waals surface area contributed by atoms with E-state index in [-0.39, 0.29) is 12.3 Å².